The molecule has 22 heavy (non-hydrogen) atoms. The first-order valence-corrected chi connectivity index (χ1v) is 8.38. The van der Waals surface area contributed by atoms with Gasteiger partial charge in [-0.15, -0.1) is 0 Å². The number of carbonyl (C=O) groups is 1. The molecule has 2 atom stereocenters. The highest BCUT2D eigenvalue weighted by atomic mass is 16.5. The van der Waals surface area contributed by atoms with Crippen molar-refractivity contribution in [2.75, 3.05) is 0 Å². The summed E-state index contributed by atoms with van der Waals surface area (Å²) in [5.41, 5.74) is 3.45. The molecule has 0 aromatic rings. The van der Waals surface area contributed by atoms with E-state index in [0.29, 0.717) is 11.8 Å². The van der Waals surface area contributed by atoms with Crippen LogP contribution in [0.25, 0.3) is 0 Å². The summed E-state index contributed by atoms with van der Waals surface area (Å²) in [6.45, 7) is 8.75. The molecule has 0 radical (unpaired) electrons. The van der Waals surface area contributed by atoms with Crippen LogP contribution >= 0.6 is 0 Å². The Morgan fingerprint density at radius 1 is 1.23 bits per heavy atom. The van der Waals surface area contributed by atoms with E-state index in [4.69, 9.17) is 4.74 Å². The highest BCUT2D eigenvalue weighted by Crippen LogP contribution is 2.27. The number of hydrogen-bond acceptors (Lipinski definition) is 2. The van der Waals surface area contributed by atoms with Gasteiger partial charge in [0.25, 0.3) is 0 Å². The second kappa shape index (κ2) is 7.62. The van der Waals surface area contributed by atoms with Crippen LogP contribution in [0.3, 0.4) is 0 Å². The van der Waals surface area contributed by atoms with Gasteiger partial charge in [-0.2, -0.15) is 0 Å². The highest BCUT2D eigenvalue weighted by Gasteiger charge is 2.26. The molecule has 1 aliphatic heterocycles. The van der Waals surface area contributed by atoms with Crippen molar-refractivity contribution in [1.82, 2.24) is 0 Å². The Balaban J connectivity index is 2.22. The average Bonchev–Trinajstić information content (AvgIpc) is 2.77. The maximum atomic E-state index is 12.0. The first-order valence-electron chi connectivity index (χ1n) is 8.38. The zero-order valence-electron chi connectivity index (χ0n) is 14.3. The Bertz CT molecular complexity index is 532. The molecule has 0 aromatic heterocycles. The van der Waals surface area contributed by atoms with Gasteiger partial charge in [-0.3, -0.25) is 0 Å². The number of carbonyl (C=O) groups excluding carboxylic acids is 1. The van der Waals surface area contributed by atoms with Crippen molar-refractivity contribution < 1.29 is 9.53 Å². The molecule has 2 heteroatoms. The summed E-state index contributed by atoms with van der Waals surface area (Å²) in [5.74, 6) is 0.956. The predicted molar refractivity (Wildman–Crippen MR) is 91.4 cm³/mol. The van der Waals surface area contributed by atoms with Gasteiger partial charge in [0.15, 0.2) is 0 Å². The van der Waals surface area contributed by atoms with Crippen molar-refractivity contribution in [3.63, 3.8) is 0 Å². The predicted octanol–water partition coefficient (Wildman–Crippen LogP) is 5.13. The molecule has 120 valence electrons. The summed E-state index contributed by atoms with van der Waals surface area (Å²) >= 11 is 0. The standard InChI is InChI=1S/C20H28O2/c1-14(2)17-9-8-15(3)6-5-7-16(4)12-19-13-18(11-10-17)20(21)22-19/h6-9,13-14,17,19H,5,10-12H2,1-4H3/b9-8-,15-6+,16-7-/t17-,19+/m1/s1. The Morgan fingerprint density at radius 3 is 2.73 bits per heavy atom. The van der Waals surface area contributed by atoms with Gasteiger partial charge in [0, 0.05) is 12.0 Å². The summed E-state index contributed by atoms with van der Waals surface area (Å²) in [4.78, 5) is 12.0. The van der Waals surface area contributed by atoms with Crippen LogP contribution in [0.4, 0.5) is 0 Å². The summed E-state index contributed by atoms with van der Waals surface area (Å²) in [6.07, 6.45) is 14.5. The third-order valence-electron chi connectivity index (χ3n) is 4.55. The molecule has 0 amide bonds. The highest BCUT2D eigenvalue weighted by molar-refractivity contribution is 5.90. The summed E-state index contributed by atoms with van der Waals surface area (Å²) in [5, 5.41) is 0. The van der Waals surface area contributed by atoms with Crippen molar-refractivity contribution in [3.05, 3.63) is 47.1 Å². The topological polar surface area (TPSA) is 26.3 Å². The molecule has 1 heterocycles. The van der Waals surface area contributed by atoms with Gasteiger partial charge in [0.1, 0.15) is 6.10 Å². The quantitative estimate of drug-likeness (QED) is 0.495. The van der Waals surface area contributed by atoms with Gasteiger partial charge in [0.2, 0.25) is 0 Å². The average molecular weight is 300 g/mol. The monoisotopic (exact) mass is 300 g/mol. The molecule has 0 N–H and O–H groups in total. The SMILES string of the molecule is C/C1=C/C/C=C(C)/C=C\[C@@H](C(C)C)CCC2=C[C@H](C1)OC2=O. The van der Waals surface area contributed by atoms with Gasteiger partial charge in [-0.25, -0.2) is 4.79 Å². The summed E-state index contributed by atoms with van der Waals surface area (Å²) < 4.78 is 5.48. The van der Waals surface area contributed by atoms with Crippen LogP contribution in [0.15, 0.2) is 47.1 Å². The molecule has 2 bridgehead atoms. The molecule has 2 aliphatic rings. The maximum Gasteiger partial charge on any atom is 0.334 e. The van der Waals surface area contributed by atoms with Gasteiger partial charge >= 0.3 is 5.97 Å². The molecule has 0 saturated carbocycles. The molecular formula is C20H28O2. The van der Waals surface area contributed by atoms with Crippen molar-refractivity contribution in [3.8, 4) is 0 Å². The molecule has 0 unspecified atom stereocenters. The largest absolute Gasteiger partial charge is 0.454 e. The number of allylic oxidation sites excluding steroid dienone is 5. The minimum Gasteiger partial charge on any atom is -0.454 e. The van der Waals surface area contributed by atoms with Crippen LogP contribution in [-0.4, -0.2) is 12.1 Å². The summed E-state index contributed by atoms with van der Waals surface area (Å²) in [6, 6.07) is 0. The van der Waals surface area contributed by atoms with Crippen LogP contribution < -0.4 is 0 Å². The van der Waals surface area contributed by atoms with Crippen molar-refractivity contribution in [1.29, 1.82) is 0 Å². The van der Waals surface area contributed by atoms with Crippen molar-refractivity contribution >= 4 is 5.97 Å². The molecule has 2 rings (SSSR count). The number of esters is 1. The molecular weight excluding hydrogens is 272 g/mol. The van der Waals surface area contributed by atoms with Gasteiger partial charge in [-0.05, 0) is 51.0 Å². The van der Waals surface area contributed by atoms with E-state index in [1.165, 1.54) is 11.1 Å². The third kappa shape index (κ3) is 4.72. The molecule has 0 aromatic carbocycles. The third-order valence-corrected chi connectivity index (χ3v) is 4.55. The van der Waals surface area contributed by atoms with Crippen LogP contribution in [-0.2, 0) is 9.53 Å². The normalized spacial score (nSPS) is 33.1. The minimum absolute atomic E-state index is 0.0696. The van der Waals surface area contributed by atoms with Crippen LogP contribution in [0.1, 0.15) is 53.4 Å². The van der Waals surface area contributed by atoms with E-state index in [9.17, 15) is 4.79 Å². The fourth-order valence-corrected chi connectivity index (χ4v) is 2.99. The van der Waals surface area contributed by atoms with E-state index in [1.54, 1.807) is 0 Å². The minimum atomic E-state index is -0.117. The van der Waals surface area contributed by atoms with Gasteiger partial charge in [0.05, 0.1) is 0 Å². The molecule has 0 fully saturated rings. The zero-order valence-corrected chi connectivity index (χ0v) is 14.3. The number of fused-ring (bicyclic) bond motifs is 1. The van der Waals surface area contributed by atoms with E-state index in [0.717, 1.165) is 31.3 Å². The lowest BCUT2D eigenvalue weighted by atomic mass is 9.88. The van der Waals surface area contributed by atoms with Gasteiger partial charge < -0.3 is 4.74 Å². The van der Waals surface area contributed by atoms with Crippen molar-refractivity contribution in [2.24, 2.45) is 11.8 Å². The number of hydrogen-bond donors (Lipinski definition) is 0. The van der Waals surface area contributed by atoms with E-state index in [2.05, 4.69) is 52.0 Å². The smallest absolute Gasteiger partial charge is 0.334 e. The number of ether oxygens (including phenoxy) is 1. The number of rotatable bonds is 1. The maximum absolute atomic E-state index is 12.0. The second-order valence-electron chi connectivity index (χ2n) is 6.88. The first kappa shape index (κ1) is 16.8. The second-order valence-corrected chi connectivity index (χ2v) is 6.88. The summed E-state index contributed by atoms with van der Waals surface area (Å²) in [7, 11) is 0. The van der Waals surface area contributed by atoms with E-state index in [1.807, 2.05) is 6.08 Å². The fourth-order valence-electron chi connectivity index (χ4n) is 2.99. The van der Waals surface area contributed by atoms with Crippen LogP contribution in [0.2, 0.25) is 0 Å². The Kier molecular flexibility index (Phi) is 5.82. The molecule has 0 spiro atoms. The van der Waals surface area contributed by atoms with Crippen LogP contribution in [0, 0.1) is 11.8 Å². The fraction of sp³-hybridized carbons (Fsp3) is 0.550. The molecule has 2 nitrogen and oxygen atoms in total. The van der Waals surface area contributed by atoms with E-state index in [-0.39, 0.29) is 12.1 Å². The molecule has 1 aliphatic carbocycles. The zero-order chi connectivity index (χ0) is 16.1. The lowest BCUT2D eigenvalue weighted by Crippen LogP contribution is -2.10. The lowest BCUT2D eigenvalue weighted by Gasteiger charge is -2.16. The molecule has 0 saturated heterocycles. The Labute approximate surface area is 134 Å². The van der Waals surface area contributed by atoms with Gasteiger partial charge in [-0.1, -0.05) is 49.3 Å². The van der Waals surface area contributed by atoms with Crippen molar-refractivity contribution in [2.45, 2.75) is 59.5 Å². The van der Waals surface area contributed by atoms with E-state index >= 15 is 0 Å². The Morgan fingerprint density at radius 2 is 2.00 bits per heavy atom. The van der Waals surface area contributed by atoms with Crippen LogP contribution in [0.5, 0.6) is 0 Å². The Hall–Kier alpha value is -1.57. The lowest BCUT2D eigenvalue weighted by molar-refractivity contribution is -0.139. The first-order chi connectivity index (χ1) is 10.5. The van der Waals surface area contributed by atoms with E-state index < -0.39 is 0 Å².